The summed E-state index contributed by atoms with van der Waals surface area (Å²) in [5.74, 6) is 2.41. The lowest BCUT2D eigenvalue weighted by atomic mass is 9.48. The van der Waals surface area contributed by atoms with Crippen molar-refractivity contribution in [2.45, 2.75) is 84.7 Å². The first-order valence-corrected chi connectivity index (χ1v) is 12.0. The summed E-state index contributed by atoms with van der Waals surface area (Å²) < 4.78 is 0.846. The molecule has 3 fully saturated rings. The van der Waals surface area contributed by atoms with Crippen LogP contribution in [-0.4, -0.2) is 23.4 Å². The molecule has 0 bridgehead atoms. The van der Waals surface area contributed by atoms with Crippen molar-refractivity contribution in [3.63, 3.8) is 0 Å². The van der Waals surface area contributed by atoms with Gasteiger partial charge in [0.1, 0.15) is 0 Å². The van der Waals surface area contributed by atoms with E-state index in [1.807, 2.05) is 0 Å². The fraction of sp³-hybridized carbons (Fsp3) is 0.826. The smallest absolute Gasteiger partial charge is 0.257 e. The summed E-state index contributed by atoms with van der Waals surface area (Å²) in [6, 6.07) is 0.269. The first-order valence-electron chi connectivity index (χ1n) is 11.0. The average molecular weight is 498 g/mol. The molecule has 5 heteroatoms. The zero-order chi connectivity index (χ0) is 20.5. The summed E-state index contributed by atoms with van der Waals surface area (Å²) in [5, 5.41) is 6.54. The van der Waals surface area contributed by atoms with Crippen LogP contribution in [-0.2, 0) is 9.59 Å². The van der Waals surface area contributed by atoms with Crippen molar-refractivity contribution in [1.82, 2.24) is 10.6 Å². The highest BCUT2D eigenvalue weighted by Gasteiger charge is 2.61. The van der Waals surface area contributed by atoms with Gasteiger partial charge in [0.2, 0.25) is 5.91 Å². The van der Waals surface area contributed by atoms with E-state index in [1.54, 1.807) is 0 Å². The van der Waals surface area contributed by atoms with Gasteiger partial charge in [0, 0.05) is 22.9 Å². The van der Waals surface area contributed by atoms with E-state index in [0.717, 1.165) is 22.8 Å². The lowest BCUT2D eigenvalue weighted by Crippen LogP contribution is -2.60. The number of carbonyl (C=O) groups is 2. The molecule has 4 nitrogen and oxygen atoms in total. The number of carbonyl (C=O) groups excluding carboxylic acids is 2. The summed E-state index contributed by atoms with van der Waals surface area (Å²) >= 11 is 2.20. The SMILES string of the molecule is CC(C)(C)NC(=O)[C@H]1CC[C@H]2[C@@H]3CC[C@H]4NC(=O)C(I)=C[C@]4(C)[C@H]3CC[C@]12C. The first-order chi connectivity index (χ1) is 13.0. The van der Waals surface area contributed by atoms with Gasteiger partial charge in [-0.15, -0.1) is 0 Å². The summed E-state index contributed by atoms with van der Waals surface area (Å²) in [4.78, 5) is 25.3. The maximum absolute atomic E-state index is 13.1. The summed E-state index contributed by atoms with van der Waals surface area (Å²) in [5.41, 5.74) is 0.00493. The Labute approximate surface area is 183 Å². The third-order valence-electron chi connectivity index (χ3n) is 8.55. The van der Waals surface area contributed by atoms with Gasteiger partial charge < -0.3 is 10.6 Å². The van der Waals surface area contributed by atoms with Gasteiger partial charge in [0.05, 0.1) is 3.58 Å². The number of fused-ring (bicyclic) bond motifs is 5. The summed E-state index contributed by atoms with van der Waals surface area (Å²) in [6.07, 6.45) is 9.01. The third kappa shape index (κ3) is 3.14. The second kappa shape index (κ2) is 6.71. The minimum atomic E-state index is -0.171. The molecule has 4 rings (SSSR count). The van der Waals surface area contributed by atoms with E-state index in [1.165, 1.54) is 19.3 Å². The van der Waals surface area contributed by atoms with Gasteiger partial charge in [0.25, 0.3) is 5.91 Å². The van der Waals surface area contributed by atoms with Crippen LogP contribution in [0.4, 0.5) is 0 Å². The van der Waals surface area contributed by atoms with Crippen molar-refractivity contribution in [3.8, 4) is 0 Å². The first kappa shape index (κ1) is 20.7. The van der Waals surface area contributed by atoms with Crippen LogP contribution in [0.1, 0.15) is 73.1 Å². The quantitative estimate of drug-likeness (QED) is 0.521. The molecule has 156 valence electrons. The van der Waals surface area contributed by atoms with Crippen LogP contribution in [0, 0.1) is 34.5 Å². The van der Waals surface area contributed by atoms with Crippen molar-refractivity contribution in [1.29, 1.82) is 0 Å². The lowest BCUT2D eigenvalue weighted by Gasteiger charge is -2.59. The Morgan fingerprint density at radius 2 is 1.86 bits per heavy atom. The number of nitrogens with one attached hydrogen (secondary N) is 2. The number of rotatable bonds is 1. The van der Waals surface area contributed by atoms with Crippen LogP contribution in [0.3, 0.4) is 0 Å². The van der Waals surface area contributed by atoms with Gasteiger partial charge >= 0.3 is 0 Å². The molecule has 1 aliphatic heterocycles. The minimum Gasteiger partial charge on any atom is -0.351 e. The third-order valence-corrected chi connectivity index (χ3v) is 9.35. The molecule has 0 saturated heterocycles. The van der Waals surface area contributed by atoms with Crippen molar-refractivity contribution in [2.75, 3.05) is 0 Å². The Hall–Kier alpha value is -0.590. The van der Waals surface area contributed by atoms with E-state index >= 15 is 0 Å². The van der Waals surface area contributed by atoms with Gasteiger partial charge in [-0.25, -0.2) is 0 Å². The maximum atomic E-state index is 13.1. The van der Waals surface area contributed by atoms with Crippen molar-refractivity contribution < 1.29 is 9.59 Å². The maximum Gasteiger partial charge on any atom is 0.257 e. The van der Waals surface area contributed by atoms with Crippen LogP contribution < -0.4 is 10.6 Å². The van der Waals surface area contributed by atoms with Crippen LogP contribution in [0.25, 0.3) is 0 Å². The molecule has 4 aliphatic rings. The number of hydrogen-bond donors (Lipinski definition) is 2. The molecular weight excluding hydrogens is 463 g/mol. The molecule has 0 radical (unpaired) electrons. The van der Waals surface area contributed by atoms with E-state index in [9.17, 15) is 9.59 Å². The highest BCUT2D eigenvalue weighted by atomic mass is 127. The van der Waals surface area contributed by atoms with Crippen molar-refractivity contribution in [2.24, 2.45) is 34.5 Å². The Kier molecular flexibility index (Phi) is 4.95. The highest BCUT2D eigenvalue weighted by molar-refractivity contribution is 14.1. The predicted octanol–water partition coefficient (Wildman–Crippen LogP) is 4.58. The minimum absolute atomic E-state index is 0.0560. The molecule has 0 unspecified atom stereocenters. The molecule has 0 spiro atoms. The molecule has 2 amide bonds. The molecular formula is C23H35IN2O2. The fourth-order valence-electron chi connectivity index (χ4n) is 7.28. The van der Waals surface area contributed by atoms with Crippen LogP contribution >= 0.6 is 22.6 Å². The van der Waals surface area contributed by atoms with E-state index in [2.05, 4.69) is 73.9 Å². The molecule has 2 N–H and O–H groups in total. The van der Waals surface area contributed by atoms with Gasteiger partial charge in [-0.2, -0.15) is 0 Å². The Morgan fingerprint density at radius 3 is 2.54 bits per heavy atom. The molecule has 28 heavy (non-hydrogen) atoms. The van der Waals surface area contributed by atoms with Crippen LogP contribution in [0.2, 0.25) is 0 Å². The highest BCUT2D eigenvalue weighted by Crippen LogP contribution is 2.65. The lowest BCUT2D eigenvalue weighted by molar-refractivity contribution is -0.135. The Balaban J connectivity index is 1.60. The average Bonchev–Trinajstić information content (AvgIpc) is 2.92. The summed E-state index contributed by atoms with van der Waals surface area (Å²) in [7, 11) is 0. The van der Waals surface area contributed by atoms with E-state index in [0.29, 0.717) is 17.8 Å². The summed E-state index contributed by atoms with van der Waals surface area (Å²) in [6.45, 7) is 11.0. The second-order valence-electron chi connectivity index (χ2n) is 11.3. The number of hydrogen-bond acceptors (Lipinski definition) is 2. The van der Waals surface area contributed by atoms with E-state index < -0.39 is 0 Å². The largest absolute Gasteiger partial charge is 0.351 e. The van der Waals surface area contributed by atoms with Crippen LogP contribution in [0.15, 0.2) is 9.66 Å². The topological polar surface area (TPSA) is 58.2 Å². The van der Waals surface area contributed by atoms with Crippen molar-refractivity contribution >= 4 is 34.4 Å². The molecule has 3 saturated carbocycles. The Bertz CT molecular complexity index is 727. The number of halogens is 1. The van der Waals surface area contributed by atoms with Crippen LogP contribution in [0.5, 0.6) is 0 Å². The fourth-order valence-corrected chi connectivity index (χ4v) is 8.11. The van der Waals surface area contributed by atoms with Gasteiger partial charge in [0.15, 0.2) is 0 Å². The molecule has 7 atom stereocenters. The predicted molar refractivity (Wildman–Crippen MR) is 120 cm³/mol. The molecule has 0 aromatic heterocycles. The van der Waals surface area contributed by atoms with Crippen molar-refractivity contribution in [3.05, 3.63) is 9.66 Å². The molecule has 3 aliphatic carbocycles. The zero-order valence-electron chi connectivity index (χ0n) is 17.9. The van der Waals surface area contributed by atoms with E-state index in [-0.39, 0.29) is 40.1 Å². The monoisotopic (exact) mass is 498 g/mol. The molecule has 1 heterocycles. The van der Waals surface area contributed by atoms with Gasteiger partial charge in [-0.3, -0.25) is 9.59 Å². The number of amides is 2. The van der Waals surface area contributed by atoms with Gasteiger partial charge in [-0.1, -0.05) is 19.9 Å². The zero-order valence-corrected chi connectivity index (χ0v) is 20.1. The Morgan fingerprint density at radius 1 is 1.14 bits per heavy atom. The van der Waals surface area contributed by atoms with E-state index in [4.69, 9.17) is 0 Å². The molecule has 0 aromatic carbocycles. The second-order valence-corrected chi connectivity index (χ2v) is 12.4. The normalized spacial score (nSPS) is 45.3. The van der Waals surface area contributed by atoms with Gasteiger partial charge in [-0.05, 0) is 105 Å². The molecule has 0 aromatic rings. The standard InChI is InChI=1S/C23H35IN2O2/c1-21(2,3)26-19(27)16-8-7-14-13-6-9-18-23(5,12-17(24)20(28)25-18)15(13)10-11-22(14,16)4/h12-16,18H,6-11H2,1-5H3,(H,25,28)(H,26,27)/t13-,14-,15-,16+,18+,22-,23+/m0/s1.